The predicted molar refractivity (Wildman–Crippen MR) is 74.2 cm³/mol. The molecule has 0 aliphatic carbocycles. The summed E-state index contributed by atoms with van der Waals surface area (Å²) in [6.07, 6.45) is 5.09. The quantitative estimate of drug-likeness (QED) is 0.912. The van der Waals surface area contributed by atoms with Crippen molar-refractivity contribution in [1.82, 2.24) is 24.8 Å². The zero-order chi connectivity index (χ0) is 13.9. The van der Waals surface area contributed by atoms with Gasteiger partial charge in [-0.15, -0.1) is 0 Å². The van der Waals surface area contributed by atoms with E-state index in [0.717, 1.165) is 44.0 Å². The molecule has 0 amide bonds. The topological polar surface area (TPSA) is 46.0 Å². The molecule has 106 valence electrons. The number of imidazole rings is 1. The number of aromatic nitrogens is 3. The first-order chi connectivity index (χ1) is 9.72. The molecule has 0 unspecified atom stereocenters. The van der Waals surface area contributed by atoms with E-state index in [1.165, 1.54) is 0 Å². The number of rotatable bonds is 3. The van der Waals surface area contributed by atoms with Crippen LogP contribution in [0, 0.1) is 12.7 Å². The molecule has 5 nitrogen and oxygen atoms in total. The zero-order valence-corrected chi connectivity index (χ0v) is 11.5. The van der Waals surface area contributed by atoms with Crippen molar-refractivity contribution in [1.29, 1.82) is 0 Å². The lowest BCUT2D eigenvalue weighted by Crippen LogP contribution is -2.42. The average Bonchev–Trinajstić information content (AvgIpc) is 2.86. The largest absolute Gasteiger partial charge is 0.314 e. The van der Waals surface area contributed by atoms with Crippen LogP contribution < -0.4 is 5.32 Å². The minimum absolute atomic E-state index is 0.301. The minimum Gasteiger partial charge on any atom is -0.314 e. The molecule has 2 aromatic heterocycles. The van der Waals surface area contributed by atoms with E-state index in [1.807, 2.05) is 6.92 Å². The lowest BCUT2D eigenvalue weighted by molar-refractivity contribution is 0.232. The SMILES string of the molecule is Cc1cn(-c2ncc(CN3CCNCC3)cc2F)cn1. The molecule has 0 atom stereocenters. The normalized spacial score (nSPS) is 16.5. The summed E-state index contributed by atoms with van der Waals surface area (Å²) in [5.74, 6) is -0.00954. The number of nitrogens with zero attached hydrogens (tertiary/aromatic N) is 4. The van der Waals surface area contributed by atoms with Gasteiger partial charge in [0.2, 0.25) is 0 Å². The Morgan fingerprint density at radius 2 is 2.10 bits per heavy atom. The first-order valence-corrected chi connectivity index (χ1v) is 6.81. The van der Waals surface area contributed by atoms with Gasteiger partial charge in [0.1, 0.15) is 6.33 Å². The van der Waals surface area contributed by atoms with E-state index in [9.17, 15) is 4.39 Å². The monoisotopic (exact) mass is 275 g/mol. The third-order valence-corrected chi connectivity index (χ3v) is 3.45. The van der Waals surface area contributed by atoms with Gasteiger partial charge in [-0.05, 0) is 18.6 Å². The van der Waals surface area contributed by atoms with Crippen LogP contribution in [0.4, 0.5) is 4.39 Å². The highest BCUT2D eigenvalue weighted by molar-refractivity contribution is 5.28. The summed E-state index contributed by atoms with van der Waals surface area (Å²) in [5.41, 5.74) is 1.75. The maximum absolute atomic E-state index is 14.2. The predicted octanol–water partition coefficient (Wildman–Crippen LogP) is 1.12. The fourth-order valence-electron chi connectivity index (χ4n) is 2.41. The van der Waals surface area contributed by atoms with E-state index in [2.05, 4.69) is 20.2 Å². The first kappa shape index (κ1) is 13.2. The van der Waals surface area contributed by atoms with Crippen molar-refractivity contribution in [2.24, 2.45) is 0 Å². The van der Waals surface area contributed by atoms with Crippen molar-refractivity contribution in [3.05, 3.63) is 41.9 Å². The number of hydrogen-bond acceptors (Lipinski definition) is 4. The summed E-state index contributed by atoms with van der Waals surface area (Å²) < 4.78 is 15.8. The molecule has 1 aliphatic heterocycles. The Morgan fingerprint density at radius 1 is 1.30 bits per heavy atom. The van der Waals surface area contributed by atoms with Gasteiger partial charge in [-0.1, -0.05) is 0 Å². The Kier molecular flexibility index (Phi) is 3.75. The van der Waals surface area contributed by atoms with Gasteiger partial charge >= 0.3 is 0 Å². The molecular formula is C14H18FN5. The Bertz CT molecular complexity index is 589. The molecule has 2 aromatic rings. The molecule has 0 bridgehead atoms. The molecule has 0 saturated carbocycles. The molecule has 1 aliphatic rings. The fraction of sp³-hybridized carbons (Fsp3) is 0.429. The van der Waals surface area contributed by atoms with E-state index >= 15 is 0 Å². The van der Waals surface area contributed by atoms with Gasteiger partial charge in [0.05, 0.1) is 5.69 Å². The molecule has 0 spiro atoms. The van der Waals surface area contributed by atoms with Crippen molar-refractivity contribution in [2.45, 2.75) is 13.5 Å². The second-order valence-electron chi connectivity index (χ2n) is 5.10. The Morgan fingerprint density at radius 3 is 2.75 bits per heavy atom. The van der Waals surface area contributed by atoms with Crippen molar-refractivity contribution < 1.29 is 4.39 Å². The van der Waals surface area contributed by atoms with Crippen LogP contribution in [0.5, 0.6) is 0 Å². The van der Waals surface area contributed by atoms with Crippen molar-refractivity contribution in [3.63, 3.8) is 0 Å². The number of nitrogens with one attached hydrogen (secondary N) is 1. The van der Waals surface area contributed by atoms with Gasteiger partial charge in [-0.2, -0.15) is 0 Å². The maximum Gasteiger partial charge on any atom is 0.174 e. The standard InChI is InChI=1S/C14H18FN5/c1-11-8-20(10-18-11)14-13(15)6-12(7-17-14)9-19-4-2-16-3-5-19/h6-8,10,16H,2-5,9H2,1H3. The van der Waals surface area contributed by atoms with E-state index in [0.29, 0.717) is 5.82 Å². The molecule has 0 aromatic carbocycles. The lowest BCUT2D eigenvalue weighted by atomic mass is 10.2. The summed E-state index contributed by atoms with van der Waals surface area (Å²) in [5, 5.41) is 3.30. The highest BCUT2D eigenvalue weighted by Crippen LogP contribution is 2.14. The van der Waals surface area contributed by atoms with Crippen LogP contribution in [-0.4, -0.2) is 45.6 Å². The van der Waals surface area contributed by atoms with E-state index in [4.69, 9.17) is 0 Å². The third-order valence-electron chi connectivity index (χ3n) is 3.45. The molecule has 1 fully saturated rings. The number of piperazine rings is 1. The van der Waals surface area contributed by atoms with Crippen molar-refractivity contribution >= 4 is 0 Å². The lowest BCUT2D eigenvalue weighted by Gasteiger charge is -2.27. The number of pyridine rings is 1. The molecule has 1 N–H and O–H groups in total. The molecule has 6 heteroatoms. The summed E-state index contributed by atoms with van der Waals surface area (Å²) in [6, 6.07) is 1.57. The van der Waals surface area contributed by atoms with Crippen LogP contribution in [0.3, 0.4) is 0 Å². The molecular weight excluding hydrogens is 257 g/mol. The van der Waals surface area contributed by atoms with Crippen LogP contribution in [0.2, 0.25) is 0 Å². The molecule has 3 rings (SSSR count). The average molecular weight is 275 g/mol. The molecule has 20 heavy (non-hydrogen) atoms. The van der Waals surface area contributed by atoms with Gasteiger partial charge < -0.3 is 5.32 Å². The van der Waals surface area contributed by atoms with Crippen molar-refractivity contribution in [3.8, 4) is 5.82 Å². The number of aryl methyl sites for hydroxylation is 1. The van der Waals surface area contributed by atoms with Gasteiger partial charge in [-0.25, -0.2) is 14.4 Å². The number of halogens is 1. The smallest absolute Gasteiger partial charge is 0.174 e. The number of hydrogen-bond donors (Lipinski definition) is 1. The maximum atomic E-state index is 14.2. The summed E-state index contributed by atoms with van der Waals surface area (Å²) in [4.78, 5) is 10.6. The fourth-order valence-corrected chi connectivity index (χ4v) is 2.41. The first-order valence-electron chi connectivity index (χ1n) is 6.81. The molecule has 0 radical (unpaired) electrons. The second kappa shape index (κ2) is 5.68. The van der Waals surface area contributed by atoms with Crippen LogP contribution >= 0.6 is 0 Å². The van der Waals surface area contributed by atoms with Crippen LogP contribution in [0.15, 0.2) is 24.8 Å². The van der Waals surface area contributed by atoms with E-state index < -0.39 is 0 Å². The van der Waals surface area contributed by atoms with Crippen LogP contribution in [0.1, 0.15) is 11.3 Å². The van der Waals surface area contributed by atoms with E-state index in [-0.39, 0.29) is 5.82 Å². The highest BCUT2D eigenvalue weighted by atomic mass is 19.1. The highest BCUT2D eigenvalue weighted by Gasteiger charge is 2.12. The Balaban J connectivity index is 1.76. The van der Waals surface area contributed by atoms with Crippen LogP contribution in [0.25, 0.3) is 5.82 Å². The Labute approximate surface area is 117 Å². The van der Waals surface area contributed by atoms with Gasteiger partial charge in [0, 0.05) is 45.1 Å². The summed E-state index contributed by atoms with van der Waals surface area (Å²) in [6.45, 7) is 6.57. The van der Waals surface area contributed by atoms with E-state index in [1.54, 1.807) is 29.4 Å². The summed E-state index contributed by atoms with van der Waals surface area (Å²) >= 11 is 0. The third kappa shape index (κ3) is 2.86. The Hall–Kier alpha value is -1.79. The molecule has 1 saturated heterocycles. The zero-order valence-electron chi connectivity index (χ0n) is 11.5. The van der Waals surface area contributed by atoms with Gasteiger partial charge in [-0.3, -0.25) is 9.47 Å². The van der Waals surface area contributed by atoms with Gasteiger partial charge in [0.25, 0.3) is 0 Å². The van der Waals surface area contributed by atoms with Crippen LogP contribution in [-0.2, 0) is 6.54 Å². The minimum atomic E-state index is -0.310. The second-order valence-corrected chi connectivity index (χ2v) is 5.10. The van der Waals surface area contributed by atoms with Crippen molar-refractivity contribution in [2.75, 3.05) is 26.2 Å². The molecule has 3 heterocycles. The summed E-state index contributed by atoms with van der Waals surface area (Å²) in [7, 11) is 0. The van der Waals surface area contributed by atoms with Gasteiger partial charge in [0.15, 0.2) is 11.6 Å².